The molecule has 0 radical (unpaired) electrons. The summed E-state index contributed by atoms with van der Waals surface area (Å²) in [7, 11) is 0. The second-order valence-corrected chi connectivity index (χ2v) is 4.69. The fraction of sp³-hybridized carbons (Fsp3) is 0.533. The molecule has 0 atom stereocenters. The summed E-state index contributed by atoms with van der Waals surface area (Å²) in [6.45, 7) is 8.76. The van der Waals surface area contributed by atoms with Crippen LogP contribution in [0.4, 0.5) is 5.69 Å². The van der Waals surface area contributed by atoms with Crippen molar-refractivity contribution in [2.45, 2.75) is 33.6 Å². The average Bonchev–Trinajstić information content (AvgIpc) is 2.33. The largest absolute Gasteiger partial charge is 0.325 e. The Bertz CT molecular complexity index is 353. The van der Waals surface area contributed by atoms with Crippen LogP contribution in [0.25, 0.3) is 0 Å². The van der Waals surface area contributed by atoms with Crippen LogP contribution in [0.1, 0.15) is 32.3 Å². The van der Waals surface area contributed by atoms with Gasteiger partial charge in [0.1, 0.15) is 0 Å². The Morgan fingerprint density at radius 3 is 2.17 bits per heavy atom. The predicted molar refractivity (Wildman–Crippen MR) is 76.8 cm³/mol. The van der Waals surface area contributed by atoms with Crippen molar-refractivity contribution in [1.29, 1.82) is 0 Å². The van der Waals surface area contributed by atoms with Crippen molar-refractivity contribution in [3.63, 3.8) is 0 Å². The van der Waals surface area contributed by atoms with Gasteiger partial charge in [-0.05, 0) is 45.0 Å². The molecule has 0 aliphatic rings. The van der Waals surface area contributed by atoms with Gasteiger partial charge < -0.3 is 5.32 Å². The number of hydrogen-bond acceptors (Lipinski definition) is 2. The maximum atomic E-state index is 11.9. The van der Waals surface area contributed by atoms with Gasteiger partial charge >= 0.3 is 0 Å². The van der Waals surface area contributed by atoms with E-state index < -0.39 is 0 Å². The molecular weight excluding hydrogens is 224 g/mol. The van der Waals surface area contributed by atoms with E-state index in [2.05, 4.69) is 24.1 Å². The number of anilines is 1. The second kappa shape index (κ2) is 7.88. The van der Waals surface area contributed by atoms with Crippen molar-refractivity contribution in [2.75, 3.05) is 25.0 Å². The van der Waals surface area contributed by atoms with Crippen LogP contribution in [-0.2, 0) is 4.79 Å². The van der Waals surface area contributed by atoms with Gasteiger partial charge in [0.15, 0.2) is 0 Å². The highest BCUT2D eigenvalue weighted by Crippen LogP contribution is 2.08. The monoisotopic (exact) mass is 248 g/mol. The fourth-order valence-corrected chi connectivity index (χ4v) is 1.94. The number of aryl methyl sites for hydroxylation is 1. The van der Waals surface area contributed by atoms with Gasteiger partial charge in [0.2, 0.25) is 5.91 Å². The maximum absolute atomic E-state index is 11.9. The Morgan fingerprint density at radius 1 is 1.11 bits per heavy atom. The average molecular weight is 248 g/mol. The van der Waals surface area contributed by atoms with Gasteiger partial charge in [0.05, 0.1) is 6.54 Å². The number of nitrogens with one attached hydrogen (secondary N) is 1. The number of benzene rings is 1. The lowest BCUT2D eigenvalue weighted by Gasteiger charge is -2.20. The fourth-order valence-electron chi connectivity index (χ4n) is 1.94. The number of hydrogen-bond donors (Lipinski definition) is 1. The Labute approximate surface area is 110 Å². The van der Waals surface area contributed by atoms with Gasteiger partial charge in [-0.3, -0.25) is 9.69 Å². The zero-order valence-electron chi connectivity index (χ0n) is 11.7. The molecule has 0 aliphatic heterocycles. The topological polar surface area (TPSA) is 32.3 Å². The van der Waals surface area contributed by atoms with E-state index >= 15 is 0 Å². The molecule has 1 rings (SSSR count). The van der Waals surface area contributed by atoms with Crippen molar-refractivity contribution in [1.82, 2.24) is 4.90 Å². The number of nitrogens with zero attached hydrogens (tertiary/aromatic N) is 1. The lowest BCUT2D eigenvalue weighted by Crippen LogP contribution is -2.34. The molecule has 0 saturated carbocycles. The van der Waals surface area contributed by atoms with E-state index in [0.29, 0.717) is 6.54 Å². The summed E-state index contributed by atoms with van der Waals surface area (Å²) in [4.78, 5) is 14.1. The molecule has 1 amide bonds. The smallest absolute Gasteiger partial charge is 0.238 e. The highest BCUT2D eigenvalue weighted by molar-refractivity contribution is 5.92. The summed E-state index contributed by atoms with van der Waals surface area (Å²) in [6.07, 6.45) is 2.16. The molecule has 0 spiro atoms. The van der Waals surface area contributed by atoms with Crippen molar-refractivity contribution >= 4 is 11.6 Å². The van der Waals surface area contributed by atoms with E-state index in [0.717, 1.165) is 31.6 Å². The Balaban J connectivity index is 2.46. The normalized spacial score (nSPS) is 10.7. The summed E-state index contributed by atoms with van der Waals surface area (Å²) in [5.41, 5.74) is 2.07. The molecule has 18 heavy (non-hydrogen) atoms. The minimum Gasteiger partial charge on any atom is -0.325 e. The Hall–Kier alpha value is -1.35. The number of rotatable bonds is 7. The maximum Gasteiger partial charge on any atom is 0.238 e. The molecule has 0 unspecified atom stereocenters. The summed E-state index contributed by atoms with van der Waals surface area (Å²) in [6, 6.07) is 7.89. The Morgan fingerprint density at radius 2 is 1.67 bits per heavy atom. The molecule has 0 heterocycles. The molecule has 1 N–H and O–H groups in total. The molecule has 0 aromatic heterocycles. The van der Waals surface area contributed by atoms with E-state index in [9.17, 15) is 4.79 Å². The molecule has 0 aliphatic carbocycles. The van der Waals surface area contributed by atoms with Crippen LogP contribution >= 0.6 is 0 Å². The highest BCUT2D eigenvalue weighted by atomic mass is 16.2. The van der Waals surface area contributed by atoms with E-state index in [1.165, 1.54) is 5.56 Å². The van der Waals surface area contributed by atoms with Crippen molar-refractivity contribution in [3.8, 4) is 0 Å². The first-order chi connectivity index (χ1) is 8.65. The lowest BCUT2D eigenvalue weighted by atomic mass is 10.2. The van der Waals surface area contributed by atoms with Gasteiger partial charge in [-0.1, -0.05) is 31.5 Å². The molecule has 0 bridgehead atoms. The zero-order chi connectivity index (χ0) is 13.4. The van der Waals surface area contributed by atoms with Crippen LogP contribution in [0.5, 0.6) is 0 Å². The van der Waals surface area contributed by atoms with Crippen molar-refractivity contribution in [2.24, 2.45) is 0 Å². The Kier molecular flexibility index (Phi) is 6.44. The van der Waals surface area contributed by atoms with E-state index in [-0.39, 0.29) is 5.91 Å². The number of amides is 1. The molecule has 100 valence electrons. The van der Waals surface area contributed by atoms with Crippen LogP contribution in [0.15, 0.2) is 24.3 Å². The van der Waals surface area contributed by atoms with Gasteiger partial charge in [-0.2, -0.15) is 0 Å². The minimum atomic E-state index is 0.0701. The first-order valence-corrected chi connectivity index (χ1v) is 6.74. The standard InChI is InChI=1S/C15H24N2O/c1-4-10-17(11-5-2)12-15(18)16-14-8-6-13(3)7-9-14/h6-9H,4-5,10-12H2,1-3H3,(H,16,18). The van der Waals surface area contributed by atoms with Crippen LogP contribution < -0.4 is 5.32 Å². The van der Waals surface area contributed by atoms with Crippen LogP contribution in [0.3, 0.4) is 0 Å². The van der Waals surface area contributed by atoms with Gasteiger partial charge in [-0.15, -0.1) is 0 Å². The van der Waals surface area contributed by atoms with Crippen molar-refractivity contribution < 1.29 is 4.79 Å². The number of carbonyl (C=O) groups is 1. The first-order valence-electron chi connectivity index (χ1n) is 6.74. The van der Waals surface area contributed by atoms with E-state index in [1.54, 1.807) is 0 Å². The molecule has 1 aromatic rings. The van der Waals surface area contributed by atoms with Crippen LogP contribution in [-0.4, -0.2) is 30.4 Å². The van der Waals surface area contributed by atoms with Gasteiger partial charge in [0, 0.05) is 5.69 Å². The second-order valence-electron chi connectivity index (χ2n) is 4.69. The van der Waals surface area contributed by atoms with Crippen molar-refractivity contribution in [3.05, 3.63) is 29.8 Å². The molecule has 3 heteroatoms. The summed E-state index contributed by atoms with van der Waals surface area (Å²) in [5, 5.41) is 2.94. The summed E-state index contributed by atoms with van der Waals surface area (Å²) >= 11 is 0. The molecule has 3 nitrogen and oxygen atoms in total. The SMILES string of the molecule is CCCN(CCC)CC(=O)Nc1ccc(C)cc1. The molecule has 1 aromatic carbocycles. The molecular formula is C15H24N2O. The third-order valence-electron chi connectivity index (χ3n) is 2.78. The zero-order valence-corrected chi connectivity index (χ0v) is 11.7. The van der Waals surface area contributed by atoms with Crippen LogP contribution in [0, 0.1) is 6.92 Å². The van der Waals surface area contributed by atoms with E-state index in [1.807, 2.05) is 31.2 Å². The predicted octanol–water partition coefficient (Wildman–Crippen LogP) is 3.06. The highest BCUT2D eigenvalue weighted by Gasteiger charge is 2.09. The molecule has 0 fully saturated rings. The van der Waals surface area contributed by atoms with Gasteiger partial charge in [0.25, 0.3) is 0 Å². The summed E-state index contributed by atoms with van der Waals surface area (Å²) in [5.74, 6) is 0.0701. The quantitative estimate of drug-likeness (QED) is 0.804. The third-order valence-corrected chi connectivity index (χ3v) is 2.78. The number of carbonyl (C=O) groups excluding carboxylic acids is 1. The van der Waals surface area contributed by atoms with Crippen LogP contribution in [0.2, 0.25) is 0 Å². The molecule has 0 saturated heterocycles. The summed E-state index contributed by atoms with van der Waals surface area (Å²) < 4.78 is 0. The van der Waals surface area contributed by atoms with E-state index in [4.69, 9.17) is 0 Å². The van der Waals surface area contributed by atoms with Gasteiger partial charge in [-0.25, -0.2) is 0 Å². The third kappa shape index (κ3) is 5.32. The first kappa shape index (κ1) is 14.7. The lowest BCUT2D eigenvalue weighted by molar-refractivity contribution is -0.117. The minimum absolute atomic E-state index is 0.0701.